The van der Waals surface area contributed by atoms with Gasteiger partial charge in [-0.3, -0.25) is 0 Å². The largest absolute Gasteiger partial charge is 0.465 e. The first kappa shape index (κ1) is 16.1. The minimum atomic E-state index is -3.68. The van der Waals surface area contributed by atoms with Crippen LogP contribution in [0.5, 0.6) is 0 Å². The summed E-state index contributed by atoms with van der Waals surface area (Å²) in [7, 11) is -2.37. The number of rotatable bonds is 3. The van der Waals surface area contributed by atoms with Crippen molar-refractivity contribution in [2.75, 3.05) is 7.11 Å². The normalized spacial score (nSPS) is 11.4. The van der Waals surface area contributed by atoms with Crippen LogP contribution in [-0.4, -0.2) is 26.5 Å². The van der Waals surface area contributed by atoms with E-state index in [9.17, 15) is 13.2 Å². The van der Waals surface area contributed by atoms with Crippen molar-refractivity contribution in [3.8, 4) is 0 Å². The molecule has 5 nitrogen and oxygen atoms in total. The third-order valence-electron chi connectivity index (χ3n) is 3.69. The van der Waals surface area contributed by atoms with Crippen molar-refractivity contribution in [2.24, 2.45) is 0 Å². The SMILES string of the molecule is COC(=O)c1ccc2nc(S(=O)(=O)c3ccc(C)cc3)ccc2c1. The Labute approximate surface area is 139 Å². The minimum absolute atomic E-state index is 0.0235. The summed E-state index contributed by atoms with van der Waals surface area (Å²) in [6.07, 6.45) is 0. The Morgan fingerprint density at radius 1 is 1.00 bits per heavy atom. The van der Waals surface area contributed by atoms with Crippen LogP contribution in [0.2, 0.25) is 0 Å². The zero-order valence-electron chi connectivity index (χ0n) is 13.2. The van der Waals surface area contributed by atoms with Gasteiger partial charge in [0.05, 0.1) is 23.1 Å². The molecule has 0 saturated heterocycles. The lowest BCUT2D eigenvalue weighted by molar-refractivity contribution is 0.0601. The van der Waals surface area contributed by atoms with E-state index in [1.165, 1.54) is 13.2 Å². The van der Waals surface area contributed by atoms with Crippen LogP contribution >= 0.6 is 0 Å². The zero-order valence-corrected chi connectivity index (χ0v) is 14.0. The fraction of sp³-hybridized carbons (Fsp3) is 0.111. The molecule has 0 amide bonds. The van der Waals surface area contributed by atoms with Crippen LogP contribution in [0.15, 0.2) is 64.5 Å². The number of hydrogen-bond acceptors (Lipinski definition) is 5. The molecule has 0 aliphatic heterocycles. The van der Waals surface area contributed by atoms with Gasteiger partial charge in [-0.1, -0.05) is 17.7 Å². The molecule has 1 heterocycles. The second-order valence-corrected chi connectivity index (χ2v) is 7.26. The topological polar surface area (TPSA) is 73.3 Å². The minimum Gasteiger partial charge on any atom is -0.465 e. The number of nitrogens with zero attached hydrogens (tertiary/aromatic N) is 1. The molecule has 0 N–H and O–H groups in total. The molecule has 24 heavy (non-hydrogen) atoms. The molecule has 2 aromatic carbocycles. The van der Waals surface area contributed by atoms with Crippen LogP contribution in [0.1, 0.15) is 15.9 Å². The van der Waals surface area contributed by atoms with Crippen molar-refractivity contribution >= 4 is 26.7 Å². The Morgan fingerprint density at radius 2 is 1.71 bits per heavy atom. The molecule has 3 rings (SSSR count). The lowest BCUT2D eigenvalue weighted by Crippen LogP contribution is -2.05. The van der Waals surface area contributed by atoms with E-state index in [0.29, 0.717) is 16.5 Å². The summed E-state index contributed by atoms with van der Waals surface area (Å²) < 4.78 is 30.0. The van der Waals surface area contributed by atoms with E-state index in [2.05, 4.69) is 9.72 Å². The fourth-order valence-corrected chi connectivity index (χ4v) is 3.54. The number of sulfone groups is 1. The van der Waals surface area contributed by atoms with Crippen LogP contribution in [0, 0.1) is 6.92 Å². The van der Waals surface area contributed by atoms with Crippen LogP contribution < -0.4 is 0 Å². The molecule has 0 bridgehead atoms. The predicted molar refractivity (Wildman–Crippen MR) is 89.7 cm³/mol. The molecule has 0 spiro atoms. The number of pyridine rings is 1. The Balaban J connectivity index is 2.07. The summed E-state index contributed by atoms with van der Waals surface area (Å²) in [5, 5.41) is 0.644. The lowest BCUT2D eigenvalue weighted by atomic mass is 10.1. The molecule has 0 unspecified atom stereocenters. The van der Waals surface area contributed by atoms with Gasteiger partial charge in [0.25, 0.3) is 0 Å². The molecule has 0 radical (unpaired) electrons. The number of hydrogen-bond donors (Lipinski definition) is 0. The maximum Gasteiger partial charge on any atom is 0.337 e. The van der Waals surface area contributed by atoms with Gasteiger partial charge >= 0.3 is 5.97 Å². The van der Waals surface area contributed by atoms with E-state index in [4.69, 9.17) is 0 Å². The Morgan fingerprint density at radius 3 is 2.38 bits per heavy atom. The number of carbonyl (C=O) groups is 1. The maximum atomic E-state index is 12.7. The summed E-state index contributed by atoms with van der Waals surface area (Å²) in [6.45, 7) is 1.89. The molecule has 0 fully saturated rings. The van der Waals surface area contributed by atoms with Gasteiger partial charge in [-0.05, 0) is 49.4 Å². The van der Waals surface area contributed by atoms with E-state index in [1.54, 1.807) is 48.5 Å². The molecular weight excluding hydrogens is 326 g/mol. The fourth-order valence-electron chi connectivity index (χ4n) is 2.34. The Kier molecular flexibility index (Phi) is 4.07. The Bertz CT molecular complexity index is 1020. The molecule has 0 atom stereocenters. The standard InChI is InChI=1S/C18H15NO4S/c1-12-3-7-15(8-4-12)24(21,22)17-10-6-13-11-14(18(20)23-2)5-9-16(13)19-17/h3-11H,1-2H3. The smallest absolute Gasteiger partial charge is 0.337 e. The first-order chi connectivity index (χ1) is 11.4. The first-order valence-electron chi connectivity index (χ1n) is 7.23. The summed E-state index contributed by atoms with van der Waals surface area (Å²) >= 11 is 0. The third-order valence-corrected chi connectivity index (χ3v) is 5.36. The predicted octanol–water partition coefficient (Wildman–Crippen LogP) is 3.16. The molecule has 0 saturated carbocycles. The van der Waals surface area contributed by atoms with E-state index in [1.807, 2.05) is 6.92 Å². The molecule has 122 valence electrons. The molecule has 6 heteroatoms. The van der Waals surface area contributed by atoms with Crippen molar-refractivity contribution < 1.29 is 17.9 Å². The average Bonchev–Trinajstić information content (AvgIpc) is 2.60. The van der Waals surface area contributed by atoms with E-state index in [0.717, 1.165) is 5.56 Å². The summed E-state index contributed by atoms with van der Waals surface area (Å²) in [6, 6.07) is 14.5. The van der Waals surface area contributed by atoms with Gasteiger partial charge in [-0.15, -0.1) is 0 Å². The van der Waals surface area contributed by atoms with Gasteiger partial charge < -0.3 is 4.74 Å². The highest BCUT2D eigenvalue weighted by Gasteiger charge is 2.19. The van der Waals surface area contributed by atoms with Gasteiger partial charge in [-0.25, -0.2) is 18.2 Å². The quantitative estimate of drug-likeness (QED) is 0.684. The maximum absolute atomic E-state index is 12.7. The Hall–Kier alpha value is -2.73. The van der Waals surface area contributed by atoms with Gasteiger partial charge in [0.15, 0.2) is 5.03 Å². The van der Waals surface area contributed by atoms with Crippen LogP contribution in [0.25, 0.3) is 10.9 Å². The van der Waals surface area contributed by atoms with E-state index < -0.39 is 15.8 Å². The van der Waals surface area contributed by atoms with Gasteiger partial charge in [0.1, 0.15) is 0 Å². The van der Waals surface area contributed by atoms with Gasteiger partial charge in [0, 0.05) is 5.39 Å². The summed E-state index contributed by atoms with van der Waals surface area (Å²) in [5.41, 5.74) is 1.87. The number of fused-ring (bicyclic) bond motifs is 1. The van der Waals surface area contributed by atoms with Crippen LogP contribution in [-0.2, 0) is 14.6 Å². The number of methoxy groups -OCH3 is 1. The molecule has 0 aliphatic rings. The van der Waals surface area contributed by atoms with Crippen molar-refractivity contribution in [1.29, 1.82) is 0 Å². The summed E-state index contributed by atoms with van der Waals surface area (Å²) in [4.78, 5) is 16.0. The number of benzene rings is 2. The number of ether oxygens (including phenoxy) is 1. The lowest BCUT2D eigenvalue weighted by Gasteiger charge is -2.07. The molecule has 3 aromatic rings. The molecule has 1 aromatic heterocycles. The highest BCUT2D eigenvalue weighted by atomic mass is 32.2. The molecule has 0 aliphatic carbocycles. The number of esters is 1. The van der Waals surface area contributed by atoms with Crippen molar-refractivity contribution in [3.05, 3.63) is 65.7 Å². The summed E-state index contributed by atoms with van der Waals surface area (Å²) in [5.74, 6) is -0.451. The third kappa shape index (κ3) is 2.88. The second kappa shape index (κ2) is 6.05. The van der Waals surface area contributed by atoms with Gasteiger partial charge in [0.2, 0.25) is 9.84 Å². The number of aryl methyl sites for hydroxylation is 1. The highest BCUT2D eigenvalue weighted by molar-refractivity contribution is 7.91. The molecular formula is C18H15NO4S. The monoisotopic (exact) mass is 341 g/mol. The van der Waals surface area contributed by atoms with Crippen LogP contribution in [0.4, 0.5) is 0 Å². The van der Waals surface area contributed by atoms with E-state index in [-0.39, 0.29) is 9.92 Å². The van der Waals surface area contributed by atoms with E-state index >= 15 is 0 Å². The first-order valence-corrected chi connectivity index (χ1v) is 8.71. The highest BCUT2D eigenvalue weighted by Crippen LogP contribution is 2.23. The van der Waals surface area contributed by atoms with Crippen molar-refractivity contribution in [2.45, 2.75) is 16.8 Å². The second-order valence-electron chi connectivity index (χ2n) is 5.37. The van der Waals surface area contributed by atoms with Crippen LogP contribution in [0.3, 0.4) is 0 Å². The zero-order chi connectivity index (χ0) is 17.3. The average molecular weight is 341 g/mol. The van der Waals surface area contributed by atoms with Gasteiger partial charge in [-0.2, -0.15) is 0 Å². The van der Waals surface area contributed by atoms with Crippen molar-refractivity contribution in [3.63, 3.8) is 0 Å². The number of aromatic nitrogens is 1. The van der Waals surface area contributed by atoms with Crippen molar-refractivity contribution in [1.82, 2.24) is 4.98 Å². The number of carbonyl (C=O) groups excluding carboxylic acids is 1.